The van der Waals surface area contributed by atoms with Crippen LogP contribution in [0.5, 0.6) is 0 Å². The number of hydrogen-bond acceptors (Lipinski definition) is 1. The minimum atomic E-state index is -0.105. The number of carbonyl (C=O) groups excluding carboxylic acids is 1. The van der Waals surface area contributed by atoms with E-state index in [0.29, 0.717) is 0 Å². The van der Waals surface area contributed by atoms with Crippen LogP contribution in [0.25, 0.3) is 0 Å². The zero-order valence-corrected chi connectivity index (χ0v) is 9.18. The van der Waals surface area contributed by atoms with Gasteiger partial charge in [-0.3, -0.25) is 4.79 Å². The lowest BCUT2D eigenvalue weighted by molar-refractivity contribution is -0.122. The normalized spacial score (nSPS) is 27.3. The first kappa shape index (κ1) is 12.5. The second kappa shape index (κ2) is 6.93. The Morgan fingerprint density at radius 2 is 1.62 bits per heavy atom. The summed E-state index contributed by atoms with van der Waals surface area (Å²) in [5, 5.41) is 0. The van der Waals surface area contributed by atoms with Gasteiger partial charge in [-0.05, 0) is 31.6 Å². The van der Waals surface area contributed by atoms with Crippen LogP contribution in [-0.2, 0) is 4.79 Å². The second-order valence-electron chi connectivity index (χ2n) is 4.07. The van der Waals surface area contributed by atoms with Crippen molar-refractivity contribution >= 4 is 5.91 Å². The molecule has 0 heterocycles. The largest absolute Gasteiger partial charge is 0.369 e. The van der Waals surface area contributed by atoms with Crippen molar-refractivity contribution < 1.29 is 4.79 Å². The SMILES string of the molecule is CC1CCC(C(N)=O)CC1.CCC. The van der Waals surface area contributed by atoms with Gasteiger partial charge < -0.3 is 5.73 Å². The van der Waals surface area contributed by atoms with Gasteiger partial charge in [0.05, 0.1) is 0 Å². The molecule has 2 nitrogen and oxygen atoms in total. The van der Waals surface area contributed by atoms with Crippen LogP contribution in [0.4, 0.5) is 0 Å². The van der Waals surface area contributed by atoms with Crippen LogP contribution < -0.4 is 5.73 Å². The fourth-order valence-corrected chi connectivity index (χ4v) is 1.54. The van der Waals surface area contributed by atoms with E-state index in [2.05, 4.69) is 20.8 Å². The molecule has 2 heteroatoms. The molecule has 1 fully saturated rings. The Morgan fingerprint density at radius 3 is 1.92 bits per heavy atom. The molecular formula is C11H23NO. The number of amides is 1. The number of nitrogens with two attached hydrogens (primary N) is 1. The number of hydrogen-bond donors (Lipinski definition) is 1. The van der Waals surface area contributed by atoms with Crippen LogP contribution in [0.3, 0.4) is 0 Å². The minimum absolute atomic E-state index is 0.105. The van der Waals surface area contributed by atoms with E-state index < -0.39 is 0 Å². The lowest BCUT2D eigenvalue weighted by Gasteiger charge is -2.23. The highest BCUT2D eigenvalue weighted by Crippen LogP contribution is 2.27. The van der Waals surface area contributed by atoms with Gasteiger partial charge in [-0.25, -0.2) is 0 Å². The number of carbonyl (C=O) groups is 1. The van der Waals surface area contributed by atoms with Crippen molar-refractivity contribution in [3.63, 3.8) is 0 Å². The van der Waals surface area contributed by atoms with Gasteiger partial charge in [0.2, 0.25) is 5.91 Å². The average molecular weight is 185 g/mol. The molecule has 2 N–H and O–H groups in total. The predicted octanol–water partition coefficient (Wildman–Crippen LogP) is 2.71. The monoisotopic (exact) mass is 185 g/mol. The molecular weight excluding hydrogens is 162 g/mol. The summed E-state index contributed by atoms with van der Waals surface area (Å²) in [6.45, 7) is 6.48. The van der Waals surface area contributed by atoms with Gasteiger partial charge in [-0.15, -0.1) is 0 Å². The Kier molecular flexibility index (Phi) is 6.65. The molecule has 0 aliphatic heterocycles. The maximum absolute atomic E-state index is 10.7. The molecule has 0 unspecified atom stereocenters. The van der Waals surface area contributed by atoms with E-state index in [1.807, 2.05) is 0 Å². The smallest absolute Gasteiger partial charge is 0.220 e. The molecule has 0 saturated heterocycles. The summed E-state index contributed by atoms with van der Waals surface area (Å²) in [6.07, 6.45) is 5.62. The summed E-state index contributed by atoms with van der Waals surface area (Å²) in [7, 11) is 0. The maximum Gasteiger partial charge on any atom is 0.220 e. The van der Waals surface area contributed by atoms with Crippen LogP contribution in [0, 0.1) is 11.8 Å². The molecule has 78 valence electrons. The van der Waals surface area contributed by atoms with Crippen molar-refractivity contribution in [1.82, 2.24) is 0 Å². The van der Waals surface area contributed by atoms with E-state index in [-0.39, 0.29) is 11.8 Å². The van der Waals surface area contributed by atoms with Gasteiger partial charge in [-0.1, -0.05) is 27.2 Å². The van der Waals surface area contributed by atoms with E-state index in [0.717, 1.165) is 18.8 Å². The van der Waals surface area contributed by atoms with Gasteiger partial charge in [0, 0.05) is 5.92 Å². The van der Waals surface area contributed by atoms with Crippen molar-refractivity contribution in [3.8, 4) is 0 Å². The topological polar surface area (TPSA) is 43.1 Å². The van der Waals surface area contributed by atoms with Crippen molar-refractivity contribution in [2.45, 2.75) is 52.9 Å². The summed E-state index contributed by atoms with van der Waals surface area (Å²) in [5.41, 5.74) is 5.17. The fourth-order valence-electron chi connectivity index (χ4n) is 1.54. The zero-order valence-electron chi connectivity index (χ0n) is 9.18. The Labute approximate surface area is 81.9 Å². The van der Waals surface area contributed by atoms with E-state index in [1.165, 1.54) is 19.3 Å². The third-order valence-corrected chi connectivity index (χ3v) is 2.42. The summed E-state index contributed by atoms with van der Waals surface area (Å²) < 4.78 is 0. The van der Waals surface area contributed by atoms with E-state index >= 15 is 0 Å². The van der Waals surface area contributed by atoms with E-state index in [1.54, 1.807) is 0 Å². The van der Waals surface area contributed by atoms with Crippen molar-refractivity contribution in [2.24, 2.45) is 17.6 Å². The van der Waals surface area contributed by atoms with Crippen LogP contribution in [-0.4, -0.2) is 5.91 Å². The van der Waals surface area contributed by atoms with Crippen LogP contribution >= 0.6 is 0 Å². The first-order valence-corrected chi connectivity index (χ1v) is 5.41. The van der Waals surface area contributed by atoms with Crippen molar-refractivity contribution in [2.75, 3.05) is 0 Å². The molecule has 0 aromatic rings. The third kappa shape index (κ3) is 5.67. The van der Waals surface area contributed by atoms with Crippen LogP contribution in [0.1, 0.15) is 52.9 Å². The van der Waals surface area contributed by atoms with E-state index in [4.69, 9.17) is 5.73 Å². The molecule has 0 atom stereocenters. The molecule has 13 heavy (non-hydrogen) atoms. The standard InChI is InChI=1S/C8H15NO.C3H8/c1-6-2-4-7(5-3-6)8(9)10;1-3-2/h6-7H,2-5H2,1H3,(H2,9,10);3H2,1-2H3. The molecule has 0 spiro atoms. The van der Waals surface area contributed by atoms with Gasteiger partial charge in [0.1, 0.15) is 0 Å². The summed E-state index contributed by atoms with van der Waals surface area (Å²) in [5.74, 6) is 0.874. The van der Waals surface area contributed by atoms with Gasteiger partial charge in [-0.2, -0.15) is 0 Å². The predicted molar refractivity (Wildman–Crippen MR) is 56.3 cm³/mol. The highest BCUT2D eigenvalue weighted by Gasteiger charge is 2.21. The minimum Gasteiger partial charge on any atom is -0.369 e. The quantitative estimate of drug-likeness (QED) is 0.670. The molecule has 1 rings (SSSR count). The lowest BCUT2D eigenvalue weighted by Crippen LogP contribution is -2.26. The molecule has 0 aromatic heterocycles. The molecule has 1 aliphatic rings. The first-order chi connectivity index (χ1) is 6.11. The highest BCUT2D eigenvalue weighted by atomic mass is 16.1. The van der Waals surface area contributed by atoms with E-state index in [9.17, 15) is 4.79 Å². The van der Waals surface area contributed by atoms with Crippen molar-refractivity contribution in [1.29, 1.82) is 0 Å². The third-order valence-electron chi connectivity index (χ3n) is 2.42. The van der Waals surface area contributed by atoms with Crippen LogP contribution in [0.2, 0.25) is 0 Å². The molecule has 1 saturated carbocycles. The Morgan fingerprint density at radius 1 is 1.23 bits per heavy atom. The molecule has 1 aliphatic carbocycles. The number of primary amides is 1. The maximum atomic E-state index is 10.7. The first-order valence-electron chi connectivity index (χ1n) is 5.41. The van der Waals surface area contributed by atoms with Gasteiger partial charge in [0.25, 0.3) is 0 Å². The van der Waals surface area contributed by atoms with Gasteiger partial charge in [0.15, 0.2) is 0 Å². The fraction of sp³-hybridized carbons (Fsp3) is 0.909. The average Bonchev–Trinajstić information content (AvgIpc) is 2.06. The summed E-state index contributed by atoms with van der Waals surface area (Å²) in [4.78, 5) is 10.7. The Bertz CT molecular complexity index is 137. The Hall–Kier alpha value is -0.530. The molecule has 0 aromatic carbocycles. The summed E-state index contributed by atoms with van der Waals surface area (Å²) >= 11 is 0. The highest BCUT2D eigenvalue weighted by molar-refractivity contribution is 5.76. The van der Waals surface area contributed by atoms with Crippen molar-refractivity contribution in [3.05, 3.63) is 0 Å². The van der Waals surface area contributed by atoms with Crippen LogP contribution in [0.15, 0.2) is 0 Å². The lowest BCUT2D eigenvalue weighted by atomic mass is 9.83. The molecule has 1 amide bonds. The zero-order chi connectivity index (χ0) is 10.3. The van der Waals surface area contributed by atoms with Gasteiger partial charge >= 0.3 is 0 Å². The second-order valence-corrected chi connectivity index (χ2v) is 4.07. The molecule has 0 bridgehead atoms. The molecule has 0 radical (unpaired) electrons. The number of rotatable bonds is 1. The summed E-state index contributed by atoms with van der Waals surface area (Å²) in [6, 6.07) is 0. The Balaban J connectivity index is 0.000000424.